The molecule has 0 spiro atoms. The van der Waals surface area contributed by atoms with Crippen LogP contribution in [0.2, 0.25) is 0 Å². The maximum absolute atomic E-state index is 13.1. The van der Waals surface area contributed by atoms with Crippen LogP contribution in [0.15, 0.2) is 35.7 Å². The summed E-state index contributed by atoms with van der Waals surface area (Å²) in [4.78, 5) is 38.4. The van der Waals surface area contributed by atoms with Gasteiger partial charge in [-0.1, -0.05) is 18.2 Å². The number of ether oxygens (including phenoxy) is 1. The van der Waals surface area contributed by atoms with Gasteiger partial charge in [0.05, 0.1) is 7.11 Å². The standard InChI is InChI=1S/C20H26N2O5S/c1-13(23)21-17(12-16-5-4-10-28-16)19(25)22(2)18(20(26)27-3)11-14-6-8-15(24)9-7-14/h4,6-10,16-18,24H,5,11-12H2,1-3H3,(H,21,23)/t16?,17-,18-/m0/s1. The number of likely N-dealkylation sites (N-methyl/N-ethyl adjacent to an activating group) is 1. The quantitative estimate of drug-likeness (QED) is 0.640. The van der Waals surface area contributed by atoms with Gasteiger partial charge in [-0.05, 0) is 35.9 Å². The summed E-state index contributed by atoms with van der Waals surface area (Å²) >= 11 is 1.63. The van der Waals surface area contributed by atoms with E-state index in [1.807, 2.05) is 11.5 Å². The minimum atomic E-state index is -0.840. The summed E-state index contributed by atoms with van der Waals surface area (Å²) in [6, 6.07) is 4.87. The molecule has 152 valence electrons. The summed E-state index contributed by atoms with van der Waals surface area (Å²) in [5.74, 6) is -1.05. The number of nitrogens with zero attached hydrogens (tertiary/aromatic N) is 1. The second kappa shape index (κ2) is 10.2. The van der Waals surface area contributed by atoms with Crippen molar-refractivity contribution in [3.8, 4) is 5.75 Å². The molecule has 1 aromatic rings. The average Bonchev–Trinajstić information content (AvgIpc) is 3.18. The van der Waals surface area contributed by atoms with Crippen molar-refractivity contribution >= 4 is 29.5 Å². The monoisotopic (exact) mass is 406 g/mol. The molecule has 1 aromatic carbocycles. The van der Waals surface area contributed by atoms with Gasteiger partial charge in [0.1, 0.15) is 17.8 Å². The number of phenols is 1. The Hall–Kier alpha value is -2.48. The van der Waals surface area contributed by atoms with E-state index in [4.69, 9.17) is 4.74 Å². The van der Waals surface area contributed by atoms with Gasteiger partial charge in [-0.3, -0.25) is 9.59 Å². The Kier molecular flexibility index (Phi) is 7.92. The summed E-state index contributed by atoms with van der Waals surface area (Å²) in [5, 5.41) is 14.3. The molecule has 1 aliphatic heterocycles. The third kappa shape index (κ3) is 6.02. The zero-order valence-electron chi connectivity index (χ0n) is 16.3. The normalized spacial score (nSPS) is 17.6. The number of carbonyl (C=O) groups is 3. The number of thioether (sulfide) groups is 1. The predicted molar refractivity (Wildman–Crippen MR) is 108 cm³/mol. The second-order valence-electron chi connectivity index (χ2n) is 6.71. The molecular formula is C20H26N2O5S. The molecule has 3 atom stereocenters. The smallest absolute Gasteiger partial charge is 0.328 e. The average molecular weight is 407 g/mol. The molecule has 0 bridgehead atoms. The van der Waals surface area contributed by atoms with Crippen LogP contribution in [0.3, 0.4) is 0 Å². The molecule has 2 amide bonds. The SMILES string of the molecule is COC(=O)[C@H](Cc1ccc(O)cc1)N(C)C(=O)[C@H](CC1CC=CS1)NC(C)=O. The van der Waals surface area contributed by atoms with Gasteiger partial charge in [-0.15, -0.1) is 11.8 Å². The van der Waals surface area contributed by atoms with Crippen molar-refractivity contribution in [3.63, 3.8) is 0 Å². The molecule has 0 aromatic heterocycles. The summed E-state index contributed by atoms with van der Waals surface area (Å²) < 4.78 is 4.89. The van der Waals surface area contributed by atoms with Gasteiger partial charge in [0.2, 0.25) is 11.8 Å². The first-order valence-electron chi connectivity index (χ1n) is 9.01. The molecule has 2 rings (SSSR count). The lowest BCUT2D eigenvalue weighted by molar-refractivity contribution is -0.152. The fraction of sp³-hybridized carbons (Fsp3) is 0.450. The molecule has 28 heavy (non-hydrogen) atoms. The molecule has 1 heterocycles. The molecule has 0 aliphatic carbocycles. The highest BCUT2D eigenvalue weighted by molar-refractivity contribution is 8.03. The van der Waals surface area contributed by atoms with E-state index in [1.54, 1.807) is 30.9 Å². The number of aromatic hydroxyl groups is 1. The number of benzene rings is 1. The Morgan fingerprint density at radius 2 is 2.00 bits per heavy atom. The Morgan fingerprint density at radius 3 is 2.54 bits per heavy atom. The highest BCUT2D eigenvalue weighted by Gasteiger charge is 2.34. The lowest BCUT2D eigenvalue weighted by Crippen LogP contribution is -2.53. The van der Waals surface area contributed by atoms with Gasteiger partial charge in [0.15, 0.2) is 0 Å². The highest BCUT2D eigenvalue weighted by Crippen LogP contribution is 2.28. The fourth-order valence-corrected chi connectivity index (χ4v) is 4.05. The molecule has 7 nitrogen and oxygen atoms in total. The van der Waals surface area contributed by atoms with Crippen molar-refractivity contribution in [1.29, 1.82) is 0 Å². The van der Waals surface area contributed by atoms with Crippen LogP contribution in [0.5, 0.6) is 5.75 Å². The number of hydrogen-bond donors (Lipinski definition) is 2. The minimum absolute atomic E-state index is 0.121. The van der Waals surface area contributed by atoms with E-state index in [-0.39, 0.29) is 29.2 Å². The van der Waals surface area contributed by atoms with Gasteiger partial charge in [-0.2, -0.15) is 0 Å². The molecule has 8 heteroatoms. The third-order valence-corrected chi connectivity index (χ3v) is 5.71. The number of amides is 2. The van der Waals surface area contributed by atoms with E-state index in [9.17, 15) is 19.5 Å². The molecule has 0 radical (unpaired) electrons. The van der Waals surface area contributed by atoms with E-state index < -0.39 is 18.1 Å². The zero-order chi connectivity index (χ0) is 20.7. The van der Waals surface area contributed by atoms with Gasteiger partial charge >= 0.3 is 5.97 Å². The topological polar surface area (TPSA) is 95.9 Å². The molecule has 2 N–H and O–H groups in total. The fourth-order valence-electron chi connectivity index (χ4n) is 3.08. The van der Waals surface area contributed by atoms with E-state index in [0.717, 1.165) is 12.0 Å². The van der Waals surface area contributed by atoms with Crippen LogP contribution in [-0.2, 0) is 25.5 Å². The Balaban J connectivity index is 2.17. The number of hydrogen-bond acceptors (Lipinski definition) is 6. The van der Waals surface area contributed by atoms with Gasteiger partial charge < -0.3 is 20.1 Å². The number of allylic oxidation sites excluding steroid dienone is 1. The highest BCUT2D eigenvalue weighted by atomic mass is 32.2. The van der Waals surface area contributed by atoms with E-state index in [2.05, 4.69) is 5.32 Å². The number of methoxy groups -OCH3 is 1. The number of rotatable bonds is 8. The van der Waals surface area contributed by atoms with Gasteiger partial charge in [-0.25, -0.2) is 4.79 Å². The number of esters is 1. The van der Waals surface area contributed by atoms with Crippen molar-refractivity contribution in [3.05, 3.63) is 41.3 Å². The van der Waals surface area contributed by atoms with E-state index in [0.29, 0.717) is 6.42 Å². The van der Waals surface area contributed by atoms with Crippen molar-refractivity contribution in [2.45, 2.75) is 43.5 Å². The van der Waals surface area contributed by atoms with Crippen LogP contribution in [-0.4, -0.2) is 59.3 Å². The molecule has 0 fully saturated rings. The lowest BCUT2D eigenvalue weighted by Gasteiger charge is -2.31. The second-order valence-corrected chi connectivity index (χ2v) is 7.92. The summed E-state index contributed by atoms with van der Waals surface area (Å²) in [6.07, 6.45) is 3.59. The van der Waals surface area contributed by atoms with Crippen molar-refractivity contribution in [2.75, 3.05) is 14.2 Å². The van der Waals surface area contributed by atoms with Crippen LogP contribution < -0.4 is 5.32 Å². The maximum atomic E-state index is 13.1. The lowest BCUT2D eigenvalue weighted by atomic mass is 10.0. The van der Waals surface area contributed by atoms with E-state index >= 15 is 0 Å². The number of carbonyl (C=O) groups excluding carboxylic acids is 3. The van der Waals surface area contributed by atoms with Crippen LogP contribution in [0.25, 0.3) is 0 Å². The minimum Gasteiger partial charge on any atom is -0.508 e. The van der Waals surface area contributed by atoms with Gasteiger partial charge in [0, 0.05) is 25.6 Å². The zero-order valence-corrected chi connectivity index (χ0v) is 17.1. The largest absolute Gasteiger partial charge is 0.508 e. The van der Waals surface area contributed by atoms with Gasteiger partial charge in [0.25, 0.3) is 0 Å². The first-order valence-corrected chi connectivity index (χ1v) is 9.96. The molecule has 0 saturated carbocycles. The first kappa shape index (κ1) is 21.8. The van der Waals surface area contributed by atoms with Crippen molar-refractivity contribution < 1.29 is 24.2 Å². The van der Waals surface area contributed by atoms with Crippen LogP contribution in [0.4, 0.5) is 0 Å². The van der Waals surface area contributed by atoms with Crippen molar-refractivity contribution in [1.82, 2.24) is 10.2 Å². The summed E-state index contributed by atoms with van der Waals surface area (Å²) in [6.45, 7) is 1.37. The summed E-state index contributed by atoms with van der Waals surface area (Å²) in [7, 11) is 2.82. The molecule has 0 saturated heterocycles. The molecule has 1 aliphatic rings. The number of phenolic OH excluding ortho intramolecular Hbond substituents is 1. The Morgan fingerprint density at radius 1 is 1.32 bits per heavy atom. The molecule has 1 unspecified atom stereocenters. The van der Waals surface area contributed by atoms with Crippen LogP contribution in [0, 0.1) is 0 Å². The number of nitrogens with one attached hydrogen (secondary N) is 1. The molecular weight excluding hydrogens is 380 g/mol. The van der Waals surface area contributed by atoms with Crippen LogP contribution in [0.1, 0.15) is 25.3 Å². The summed E-state index contributed by atoms with van der Waals surface area (Å²) in [5.41, 5.74) is 0.777. The van der Waals surface area contributed by atoms with E-state index in [1.165, 1.54) is 31.1 Å². The Bertz CT molecular complexity index is 727. The maximum Gasteiger partial charge on any atom is 0.328 e. The first-order chi connectivity index (χ1) is 13.3. The predicted octanol–water partition coefficient (Wildman–Crippen LogP) is 1.85. The Labute approximate surface area is 169 Å². The third-order valence-electron chi connectivity index (χ3n) is 4.59. The van der Waals surface area contributed by atoms with Crippen molar-refractivity contribution in [2.24, 2.45) is 0 Å². The van der Waals surface area contributed by atoms with Crippen LogP contribution >= 0.6 is 11.8 Å².